The van der Waals surface area contributed by atoms with Crippen LogP contribution in [0.5, 0.6) is 0 Å². The van der Waals surface area contributed by atoms with Crippen LogP contribution in [0.2, 0.25) is 0 Å². The van der Waals surface area contributed by atoms with Gasteiger partial charge in [0.05, 0.1) is 0 Å². The normalized spacial score (nSPS) is 22.0. The van der Waals surface area contributed by atoms with Crippen molar-refractivity contribution in [1.29, 1.82) is 0 Å². The number of hydrogen-bond acceptors (Lipinski definition) is 1. The van der Waals surface area contributed by atoms with Gasteiger partial charge in [-0.3, -0.25) is 0 Å². The first-order chi connectivity index (χ1) is 5.33. The SMILES string of the molecule is CCNC(C)/C=C/C1CCC1. The number of likely N-dealkylation sites (N-methyl/N-ethyl adjacent to an activating group) is 1. The maximum atomic E-state index is 3.36. The zero-order valence-electron chi connectivity index (χ0n) is 7.64. The van der Waals surface area contributed by atoms with Crippen LogP contribution >= 0.6 is 0 Å². The summed E-state index contributed by atoms with van der Waals surface area (Å²) in [5.41, 5.74) is 0. The minimum atomic E-state index is 0.556. The number of rotatable bonds is 4. The van der Waals surface area contributed by atoms with Gasteiger partial charge in [-0.05, 0) is 32.2 Å². The third-order valence-corrected chi connectivity index (χ3v) is 2.35. The molecule has 0 aromatic heterocycles. The summed E-state index contributed by atoms with van der Waals surface area (Å²) in [4.78, 5) is 0. The van der Waals surface area contributed by atoms with Crippen molar-refractivity contribution in [2.75, 3.05) is 6.54 Å². The van der Waals surface area contributed by atoms with Gasteiger partial charge < -0.3 is 5.32 Å². The number of allylic oxidation sites excluding steroid dienone is 1. The Kier molecular flexibility index (Phi) is 3.64. The first kappa shape index (κ1) is 8.79. The van der Waals surface area contributed by atoms with Crippen molar-refractivity contribution in [3.8, 4) is 0 Å². The van der Waals surface area contributed by atoms with Crippen molar-refractivity contribution in [3.63, 3.8) is 0 Å². The van der Waals surface area contributed by atoms with Gasteiger partial charge in [0, 0.05) is 6.04 Å². The Labute approximate surface area is 69.9 Å². The second kappa shape index (κ2) is 4.55. The zero-order valence-corrected chi connectivity index (χ0v) is 7.64. The lowest BCUT2D eigenvalue weighted by molar-refractivity contribution is 0.386. The Hall–Kier alpha value is -0.300. The van der Waals surface area contributed by atoms with Gasteiger partial charge in [0.2, 0.25) is 0 Å². The van der Waals surface area contributed by atoms with E-state index in [4.69, 9.17) is 0 Å². The summed E-state index contributed by atoms with van der Waals surface area (Å²) in [6.45, 7) is 5.42. The maximum Gasteiger partial charge on any atom is 0.0221 e. The molecule has 1 fully saturated rings. The molecule has 0 amide bonds. The minimum absolute atomic E-state index is 0.556. The molecule has 0 aliphatic heterocycles. The monoisotopic (exact) mass is 153 g/mol. The summed E-state index contributed by atoms with van der Waals surface area (Å²) in [7, 11) is 0. The van der Waals surface area contributed by atoms with Crippen molar-refractivity contribution in [2.24, 2.45) is 5.92 Å². The Morgan fingerprint density at radius 2 is 2.27 bits per heavy atom. The summed E-state index contributed by atoms with van der Waals surface area (Å²) >= 11 is 0. The second-order valence-electron chi connectivity index (χ2n) is 3.42. The molecule has 1 nitrogen and oxygen atoms in total. The molecule has 0 aromatic rings. The van der Waals surface area contributed by atoms with E-state index in [0.29, 0.717) is 6.04 Å². The van der Waals surface area contributed by atoms with Crippen LogP contribution in [-0.2, 0) is 0 Å². The molecule has 1 unspecified atom stereocenters. The Morgan fingerprint density at radius 1 is 1.55 bits per heavy atom. The fourth-order valence-corrected chi connectivity index (χ4v) is 1.35. The molecule has 0 aromatic carbocycles. The van der Waals surface area contributed by atoms with Gasteiger partial charge in [-0.15, -0.1) is 0 Å². The molecule has 0 spiro atoms. The molecule has 64 valence electrons. The molecule has 0 heterocycles. The first-order valence-corrected chi connectivity index (χ1v) is 4.74. The second-order valence-corrected chi connectivity index (χ2v) is 3.42. The summed E-state index contributed by atoms with van der Waals surface area (Å²) in [5.74, 6) is 0.899. The lowest BCUT2D eigenvalue weighted by atomic mass is 9.85. The van der Waals surface area contributed by atoms with E-state index in [-0.39, 0.29) is 0 Å². The summed E-state index contributed by atoms with van der Waals surface area (Å²) in [5, 5.41) is 3.36. The summed E-state index contributed by atoms with van der Waals surface area (Å²) in [6, 6.07) is 0.556. The van der Waals surface area contributed by atoms with Gasteiger partial charge in [0.25, 0.3) is 0 Å². The third kappa shape index (κ3) is 3.06. The lowest BCUT2D eigenvalue weighted by Crippen LogP contribution is -2.23. The number of nitrogens with one attached hydrogen (secondary N) is 1. The predicted molar refractivity (Wildman–Crippen MR) is 49.6 cm³/mol. The molecule has 0 radical (unpaired) electrons. The third-order valence-electron chi connectivity index (χ3n) is 2.35. The van der Waals surface area contributed by atoms with E-state index in [2.05, 4.69) is 31.3 Å². The topological polar surface area (TPSA) is 12.0 Å². The Bertz CT molecular complexity index is 125. The van der Waals surface area contributed by atoms with E-state index < -0.39 is 0 Å². The van der Waals surface area contributed by atoms with Gasteiger partial charge >= 0.3 is 0 Å². The largest absolute Gasteiger partial charge is 0.311 e. The Balaban J connectivity index is 2.11. The molecule has 0 bridgehead atoms. The lowest BCUT2D eigenvalue weighted by Gasteiger charge is -2.21. The average molecular weight is 153 g/mol. The van der Waals surface area contributed by atoms with E-state index in [0.717, 1.165) is 12.5 Å². The van der Waals surface area contributed by atoms with E-state index in [1.807, 2.05) is 0 Å². The molecule has 1 saturated carbocycles. The smallest absolute Gasteiger partial charge is 0.0221 e. The molecule has 1 N–H and O–H groups in total. The molecule has 1 aliphatic rings. The van der Waals surface area contributed by atoms with Gasteiger partial charge in [0.15, 0.2) is 0 Å². The van der Waals surface area contributed by atoms with Crippen molar-refractivity contribution in [3.05, 3.63) is 12.2 Å². The van der Waals surface area contributed by atoms with Gasteiger partial charge in [0.1, 0.15) is 0 Å². The highest BCUT2D eigenvalue weighted by Crippen LogP contribution is 2.27. The first-order valence-electron chi connectivity index (χ1n) is 4.74. The van der Waals surface area contributed by atoms with Crippen LogP contribution in [0, 0.1) is 5.92 Å². The van der Waals surface area contributed by atoms with Crippen LogP contribution in [0.1, 0.15) is 33.1 Å². The predicted octanol–water partition coefficient (Wildman–Crippen LogP) is 2.34. The van der Waals surface area contributed by atoms with Gasteiger partial charge in [-0.25, -0.2) is 0 Å². The van der Waals surface area contributed by atoms with Crippen molar-refractivity contribution >= 4 is 0 Å². The quantitative estimate of drug-likeness (QED) is 0.611. The molecule has 1 aliphatic carbocycles. The highest BCUT2D eigenvalue weighted by atomic mass is 14.9. The summed E-state index contributed by atoms with van der Waals surface area (Å²) in [6.07, 6.45) is 8.93. The minimum Gasteiger partial charge on any atom is -0.311 e. The van der Waals surface area contributed by atoms with Crippen LogP contribution in [0.25, 0.3) is 0 Å². The van der Waals surface area contributed by atoms with Crippen LogP contribution < -0.4 is 5.32 Å². The maximum absolute atomic E-state index is 3.36. The molecule has 11 heavy (non-hydrogen) atoms. The fourth-order valence-electron chi connectivity index (χ4n) is 1.35. The summed E-state index contributed by atoms with van der Waals surface area (Å²) < 4.78 is 0. The van der Waals surface area contributed by atoms with Crippen LogP contribution in [0.3, 0.4) is 0 Å². The van der Waals surface area contributed by atoms with E-state index >= 15 is 0 Å². The highest BCUT2D eigenvalue weighted by Gasteiger charge is 2.13. The zero-order chi connectivity index (χ0) is 8.10. The standard InChI is InChI=1S/C10H19N/c1-3-11-9(2)7-8-10-5-4-6-10/h7-11H,3-6H2,1-2H3/b8-7+. The average Bonchev–Trinajstić information content (AvgIpc) is 1.85. The van der Waals surface area contributed by atoms with E-state index in [1.54, 1.807) is 0 Å². The molecular weight excluding hydrogens is 134 g/mol. The van der Waals surface area contributed by atoms with Gasteiger partial charge in [-0.1, -0.05) is 25.5 Å². The van der Waals surface area contributed by atoms with Crippen LogP contribution in [0.15, 0.2) is 12.2 Å². The van der Waals surface area contributed by atoms with E-state index in [1.165, 1.54) is 19.3 Å². The molecule has 1 heteroatoms. The van der Waals surface area contributed by atoms with Crippen LogP contribution in [-0.4, -0.2) is 12.6 Å². The van der Waals surface area contributed by atoms with Gasteiger partial charge in [-0.2, -0.15) is 0 Å². The fraction of sp³-hybridized carbons (Fsp3) is 0.800. The molecular formula is C10H19N. The molecule has 1 rings (SSSR count). The van der Waals surface area contributed by atoms with Crippen molar-refractivity contribution in [2.45, 2.75) is 39.2 Å². The molecule has 1 atom stereocenters. The van der Waals surface area contributed by atoms with Crippen molar-refractivity contribution < 1.29 is 0 Å². The van der Waals surface area contributed by atoms with Crippen LogP contribution in [0.4, 0.5) is 0 Å². The molecule has 0 saturated heterocycles. The van der Waals surface area contributed by atoms with E-state index in [9.17, 15) is 0 Å². The van der Waals surface area contributed by atoms with Crippen molar-refractivity contribution in [1.82, 2.24) is 5.32 Å². The number of hydrogen-bond donors (Lipinski definition) is 1. The Morgan fingerprint density at radius 3 is 2.73 bits per heavy atom. The highest BCUT2D eigenvalue weighted by molar-refractivity contribution is 4.97.